The minimum absolute atomic E-state index is 0.229. The number of furan rings is 1. The summed E-state index contributed by atoms with van der Waals surface area (Å²) >= 11 is 1.53. The molecule has 1 atom stereocenters. The molecule has 0 spiro atoms. The molecule has 0 radical (unpaired) electrons. The minimum Gasteiger partial charge on any atom is -0.467 e. The molecule has 24 heavy (non-hydrogen) atoms. The fraction of sp³-hybridized carbons (Fsp3) is 0.105. The van der Waals surface area contributed by atoms with Crippen LogP contribution in [0.25, 0.3) is 0 Å². The van der Waals surface area contributed by atoms with Gasteiger partial charge in [-0.2, -0.15) is 0 Å². The van der Waals surface area contributed by atoms with E-state index in [4.69, 9.17) is 4.42 Å². The lowest BCUT2D eigenvalue weighted by Gasteiger charge is -2.15. The lowest BCUT2D eigenvalue weighted by molar-refractivity contribution is 0.0904. The van der Waals surface area contributed by atoms with Gasteiger partial charge in [0.1, 0.15) is 11.8 Å². The van der Waals surface area contributed by atoms with Crippen molar-refractivity contribution in [3.8, 4) is 0 Å². The topological polar surface area (TPSA) is 62.5 Å². The zero-order valence-electron chi connectivity index (χ0n) is 12.9. The molecule has 0 saturated carbocycles. The van der Waals surface area contributed by atoms with E-state index in [1.807, 2.05) is 48.5 Å². The van der Waals surface area contributed by atoms with E-state index in [-0.39, 0.29) is 12.5 Å². The van der Waals surface area contributed by atoms with Crippen LogP contribution in [0.5, 0.6) is 0 Å². The maximum Gasteiger partial charge on any atom is 0.253 e. The van der Waals surface area contributed by atoms with E-state index < -0.39 is 6.04 Å². The summed E-state index contributed by atoms with van der Waals surface area (Å²) in [6.45, 7) is -0.229. The second kappa shape index (κ2) is 7.86. The molecule has 1 amide bonds. The normalized spacial score (nSPS) is 11.9. The van der Waals surface area contributed by atoms with Crippen molar-refractivity contribution in [3.63, 3.8) is 0 Å². The van der Waals surface area contributed by atoms with Crippen LogP contribution in [0.3, 0.4) is 0 Å². The van der Waals surface area contributed by atoms with Crippen LogP contribution in [-0.2, 0) is 0 Å². The number of aliphatic hydroxyl groups excluding tert-OH is 1. The van der Waals surface area contributed by atoms with Crippen LogP contribution in [0, 0.1) is 0 Å². The standard InChI is InChI=1S/C19H17NO3S/c21-13-16(17-10-6-12-23-17)20-19(22)15-9-4-5-11-18(15)24-14-7-2-1-3-8-14/h1-12,16,21H,13H2,(H,20,22). The van der Waals surface area contributed by atoms with Crippen LogP contribution in [0.15, 0.2) is 87.2 Å². The molecule has 3 aromatic rings. The first-order chi connectivity index (χ1) is 11.8. The Bertz CT molecular complexity index is 787. The Morgan fingerprint density at radius 2 is 1.79 bits per heavy atom. The van der Waals surface area contributed by atoms with Crippen molar-refractivity contribution in [3.05, 3.63) is 84.3 Å². The predicted octanol–water partition coefficient (Wildman–Crippen LogP) is 3.89. The summed E-state index contributed by atoms with van der Waals surface area (Å²) in [5, 5.41) is 12.3. The van der Waals surface area contributed by atoms with Crippen LogP contribution >= 0.6 is 11.8 Å². The predicted molar refractivity (Wildman–Crippen MR) is 93.0 cm³/mol. The summed E-state index contributed by atoms with van der Waals surface area (Å²) in [4.78, 5) is 14.6. The van der Waals surface area contributed by atoms with E-state index in [9.17, 15) is 9.90 Å². The van der Waals surface area contributed by atoms with Crippen molar-refractivity contribution in [2.24, 2.45) is 0 Å². The van der Waals surface area contributed by atoms with Gasteiger partial charge in [-0.05, 0) is 36.4 Å². The van der Waals surface area contributed by atoms with Crippen LogP contribution in [-0.4, -0.2) is 17.6 Å². The summed E-state index contributed by atoms with van der Waals surface area (Å²) in [6, 6.07) is 20.2. The molecule has 122 valence electrons. The smallest absolute Gasteiger partial charge is 0.253 e. The first kappa shape index (κ1) is 16.4. The number of hydrogen-bond acceptors (Lipinski definition) is 4. The van der Waals surface area contributed by atoms with Gasteiger partial charge < -0.3 is 14.8 Å². The molecule has 1 aromatic heterocycles. The number of rotatable bonds is 6. The van der Waals surface area contributed by atoms with Gasteiger partial charge in [-0.25, -0.2) is 0 Å². The first-order valence-electron chi connectivity index (χ1n) is 7.55. The van der Waals surface area contributed by atoms with Crippen LogP contribution in [0.1, 0.15) is 22.2 Å². The van der Waals surface area contributed by atoms with E-state index in [0.29, 0.717) is 11.3 Å². The SMILES string of the molecule is O=C(NC(CO)c1ccco1)c1ccccc1Sc1ccccc1. The van der Waals surface area contributed by atoms with Crippen molar-refractivity contribution in [1.82, 2.24) is 5.32 Å². The molecular weight excluding hydrogens is 322 g/mol. The van der Waals surface area contributed by atoms with Crippen molar-refractivity contribution in [2.45, 2.75) is 15.8 Å². The van der Waals surface area contributed by atoms with Gasteiger partial charge >= 0.3 is 0 Å². The van der Waals surface area contributed by atoms with Gasteiger partial charge in [0.15, 0.2) is 0 Å². The van der Waals surface area contributed by atoms with Crippen LogP contribution < -0.4 is 5.32 Å². The average Bonchev–Trinajstić information content (AvgIpc) is 3.15. The van der Waals surface area contributed by atoms with Gasteiger partial charge in [0, 0.05) is 9.79 Å². The zero-order valence-corrected chi connectivity index (χ0v) is 13.7. The van der Waals surface area contributed by atoms with E-state index in [1.54, 1.807) is 18.2 Å². The fourth-order valence-corrected chi connectivity index (χ4v) is 3.26. The van der Waals surface area contributed by atoms with E-state index >= 15 is 0 Å². The molecule has 2 N–H and O–H groups in total. The molecule has 0 aliphatic heterocycles. The monoisotopic (exact) mass is 339 g/mol. The molecule has 4 nitrogen and oxygen atoms in total. The second-order valence-corrected chi connectivity index (χ2v) is 6.25. The Kier molecular flexibility index (Phi) is 5.36. The van der Waals surface area contributed by atoms with Crippen molar-refractivity contribution < 1.29 is 14.3 Å². The van der Waals surface area contributed by atoms with Crippen molar-refractivity contribution in [1.29, 1.82) is 0 Å². The number of hydrogen-bond donors (Lipinski definition) is 2. The largest absolute Gasteiger partial charge is 0.467 e. The Hall–Kier alpha value is -2.50. The summed E-state index contributed by atoms with van der Waals surface area (Å²) < 4.78 is 5.27. The molecular formula is C19H17NO3S. The number of amides is 1. The lowest BCUT2D eigenvalue weighted by Crippen LogP contribution is -2.30. The van der Waals surface area contributed by atoms with Gasteiger partial charge in [-0.15, -0.1) is 0 Å². The van der Waals surface area contributed by atoms with E-state index in [2.05, 4.69) is 5.32 Å². The summed E-state index contributed by atoms with van der Waals surface area (Å²) in [6.07, 6.45) is 1.52. The molecule has 1 heterocycles. The molecule has 2 aromatic carbocycles. The summed E-state index contributed by atoms with van der Waals surface area (Å²) in [7, 11) is 0. The zero-order chi connectivity index (χ0) is 16.8. The van der Waals surface area contributed by atoms with Crippen molar-refractivity contribution >= 4 is 17.7 Å². The molecule has 0 bridgehead atoms. The number of benzene rings is 2. The maximum absolute atomic E-state index is 12.6. The Labute approximate surface area is 144 Å². The maximum atomic E-state index is 12.6. The Morgan fingerprint density at radius 3 is 2.50 bits per heavy atom. The third-order valence-corrected chi connectivity index (χ3v) is 4.56. The first-order valence-corrected chi connectivity index (χ1v) is 8.36. The van der Waals surface area contributed by atoms with Crippen LogP contribution in [0.2, 0.25) is 0 Å². The number of aliphatic hydroxyl groups is 1. The van der Waals surface area contributed by atoms with E-state index in [1.165, 1.54) is 18.0 Å². The van der Waals surface area contributed by atoms with Gasteiger partial charge in [0.05, 0.1) is 18.4 Å². The van der Waals surface area contributed by atoms with Crippen LogP contribution in [0.4, 0.5) is 0 Å². The Morgan fingerprint density at radius 1 is 1.04 bits per heavy atom. The molecule has 0 saturated heterocycles. The summed E-state index contributed by atoms with van der Waals surface area (Å²) in [5.74, 6) is 0.281. The molecule has 3 rings (SSSR count). The molecule has 0 aliphatic rings. The molecule has 5 heteroatoms. The highest BCUT2D eigenvalue weighted by atomic mass is 32.2. The average molecular weight is 339 g/mol. The number of nitrogens with one attached hydrogen (secondary N) is 1. The summed E-state index contributed by atoms with van der Waals surface area (Å²) in [5.41, 5.74) is 0.566. The highest BCUT2D eigenvalue weighted by molar-refractivity contribution is 7.99. The second-order valence-electron chi connectivity index (χ2n) is 5.14. The highest BCUT2D eigenvalue weighted by Crippen LogP contribution is 2.30. The van der Waals surface area contributed by atoms with Gasteiger partial charge in [0.25, 0.3) is 5.91 Å². The molecule has 0 aliphatic carbocycles. The minimum atomic E-state index is -0.567. The van der Waals surface area contributed by atoms with Gasteiger partial charge in [-0.1, -0.05) is 42.1 Å². The quantitative estimate of drug-likeness (QED) is 0.715. The highest BCUT2D eigenvalue weighted by Gasteiger charge is 2.19. The fourth-order valence-electron chi connectivity index (χ4n) is 2.29. The molecule has 1 unspecified atom stereocenters. The van der Waals surface area contributed by atoms with Crippen molar-refractivity contribution in [2.75, 3.05) is 6.61 Å². The third-order valence-electron chi connectivity index (χ3n) is 3.48. The number of carbonyl (C=O) groups is 1. The van der Waals surface area contributed by atoms with Gasteiger partial charge in [-0.3, -0.25) is 4.79 Å². The Balaban J connectivity index is 1.80. The van der Waals surface area contributed by atoms with Gasteiger partial charge in [0.2, 0.25) is 0 Å². The number of carbonyl (C=O) groups excluding carboxylic acids is 1. The lowest BCUT2D eigenvalue weighted by atomic mass is 10.1. The molecule has 0 fully saturated rings. The third kappa shape index (κ3) is 3.88. The van der Waals surface area contributed by atoms with E-state index in [0.717, 1.165) is 9.79 Å².